The van der Waals surface area contributed by atoms with E-state index in [4.69, 9.17) is 5.73 Å². The lowest BCUT2D eigenvalue weighted by Crippen LogP contribution is -2.40. The second-order valence-corrected chi connectivity index (χ2v) is 7.04. The first-order chi connectivity index (χ1) is 11.1. The van der Waals surface area contributed by atoms with Gasteiger partial charge in [0.25, 0.3) is 5.91 Å². The highest BCUT2D eigenvalue weighted by Crippen LogP contribution is 2.22. The van der Waals surface area contributed by atoms with Gasteiger partial charge in [0.05, 0.1) is 6.54 Å². The molecule has 2 amide bonds. The second kappa shape index (κ2) is 7.00. The van der Waals surface area contributed by atoms with Crippen molar-refractivity contribution in [3.05, 3.63) is 46.4 Å². The number of carbonyl (C=O) groups is 2. The average Bonchev–Trinajstić information content (AvgIpc) is 3.19. The molecule has 0 atom stereocenters. The summed E-state index contributed by atoms with van der Waals surface area (Å²) in [4.78, 5) is 26.9. The summed E-state index contributed by atoms with van der Waals surface area (Å²) in [6, 6.07) is 7.90. The van der Waals surface area contributed by atoms with Gasteiger partial charge in [-0.15, -0.1) is 11.3 Å². The highest BCUT2D eigenvalue weighted by molar-refractivity contribution is 7.09. The zero-order valence-electron chi connectivity index (χ0n) is 13.0. The molecule has 1 aliphatic rings. The molecular weight excluding hydrogens is 310 g/mol. The Kier molecular flexibility index (Phi) is 4.81. The fourth-order valence-electron chi connectivity index (χ4n) is 3.10. The van der Waals surface area contributed by atoms with Gasteiger partial charge in [-0.1, -0.05) is 6.07 Å². The van der Waals surface area contributed by atoms with Crippen molar-refractivity contribution in [1.82, 2.24) is 9.47 Å². The molecule has 3 heterocycles. The van der Waals surface area contributed by atoms with Crippen LogP contribution in [-0.4, -0.2) is 34.4 Å². The molecule has 0 aliphatic carbocycles. The Bertz CT molecular complexity index is 670. The zero-order chi connectivity index (χ0) is 16.2. The third-order valence-corrected chi connectivity index (χ3v) is 5.21. The Hall–Kier alpha value is -2.08. The minimum atomic E-state index is -0.250. The molecule has 0 unspecified atom stereocenters. The van der Waals surface area contributed by atoms with E-state index in [1.54, 1.807) is 11.3 Å². The van der Waals surface area contributed by atoms with E-state index < -0.39 is 0 Å². The predicted molar refractivity (Wildman–Crippen MR) is 90.3 cm³/mol. The number of nitrogens with zero attached hydrogens (tertiary/aromatic N) is 2. The van der Waals surface area contributed by atoms with Crippen LogP contribution in [0.1, 0.15) is 34.6 Å². The van der Waals surface area contributed by atoms with E-state index in [1.165, 1.54) is 4.88 Å². The van der Waals surface area contributed by atoms with E-state index in [1.807, 2.05) is 39.2 Å². The van der Waals surface area contributed by atoms with Crippen LogP contribution in [0.25, 0.3) is 0 Å². The van der Waals surface area contributed by atoms with Crippen LogP contribution in [0.15, 0.2) is 35.8 Å². The maximum absolute atomic E-state index is 12.8. The molecule has 0 bridgehead atoms. The van der Waals surface area contributed by atoms with Crippen LogP contribution in [0.2, 0.25) is 0 Å². The van der Waals surface area contributed by atoms with Gasteiger partial charge in [-0.25, -0.2) is 0 Å². The number of nitrogens with two attached hydrogens (primary N) is 1. The van der Waals surface area contributed by atoms with E-state index in [0.717, 1.165) is 25.1 Å². The summed E-state index contributed by atoms with van der Waals surface area (Å²) in [6.07, 6.45) is 4.07. The Morgan fingerprint density at radius 2 is 2.00 bits per heavy atom. The number of likely N-dealkylation sites (tertiary alicyclic amines) is 1. The first-order valence-corrected chi connectivity index (χ1v) is 8.76. The molecule has 0 saturated carbocycles. The average molecular weight is 331 g/mol. The molecule has 0 aromatic carbocycles. The van der Waals surface area contributed by atoms with Gasteiger partial charge in [-0.05, 0) is 42.3 Å². The van der Waals surface area contributed by atoms with Gasteiger partial charge in [-0.3, -0.25) is 9.59 Å². The molecule has 5 nitrogen and oxygen atoms in total. The summed E-state index contributed by atoms with van der Waals surface area (Å²) in [5.74, 6) is 0.137. The molecule has 1 fully saturated rings. The summed E-state index contributed by atoms with van der Waals surface area (Å²) in [7, 11) is 0. The quantitative estimate of drug-likeness (QED) is 0.913. The number of carbonyl (C=O) groups excluding carboxylic acids is 2. The number of primary amides is 1. The van der Waals surface area contributed by atoms with Crippen molar-refractivity contribution in [2.24, 2.45) is 11.7 Å². The summed E-state index contributed by atoms with van der Waals surface area (Å²) >= 11 is 1.69. The predicted octanol–water partition coefficient (Wildman–Crippen LogP) is 2.33. The van der Waals surface area contributed by atoms with Gasteiger partial charge >= 0.3 is 0 Å². The van der Waals surface area contributed by atoms with Crippen molar-refractivity contribution in [1.29, 1.82) is 0 Å². The molecule has 0 radical (unpaired) electrons. The number of aromatic nitrogens is 1. The monoisotopic (exact) mass is 331 g/mol. The Balaban J connectivity index is 1.63. The third kappa shape index (κ3) is 3.82. The first-order valence-electron chi connectivity index (χ1n) is 7.88. The minimum Gasteiger partial charge on any atom is -0.370 e. The molecule has 2 aromatic heterocycles. The molecule has 1 saturated heterocycles. The fourth-order valence-corrected chi connectivity index (χ4v) is 3.81. The molecule has 122 valence electrons. The Morgan fingerprint density at radius 3 is 2.65 bits per heavy atom. The van der Waals surface area contributed by atoms with Gasteiger partial charge in [0.1, 0.15) is 5.69 Å². The number of hydrogen-bond donors (Lipinski definition) is 1. The lowest BCUT2D eigenvalue weighted by Gasteiger charge is -2.31. The first kappa shape index (κ1) is 15.8. The third-order valence-electron chi connectivity index (χ3n) is 4.35. The van der Waals surface area contributed by atoms with Crippen LogP contribution < -0.4 is 5.73 Å². The van der Waals surface area contributed by atoms with Crippen molar-refractivity contribution >= 4 is 23.2 Å². The molecule has 1 aliphatic heterocycles. The number of piperidine rings is 1. The van der Waals surface area contributed by atoms with Crippen LogP contribution in [0.4, 0.5) is 0 Å². The number of rotatable bonds is 5. The van der Waals surface area contributed by atoms with Crippen molar-refractivity contribution in [2.45, 2.75) is 25.8 Å². The number of thiophene rings is 1. The molecule has 2 N–H and O–H groups in total. The minimum absolute atomic E-state index is 0.0732. The summed E-state index contributed by atoms with van der Waals surface area (Å²) in [5.41, 5.74) is 5.99. The topological polar surface area (TPSA) is 68.3 Å². The van der Waals surface area contributed by atoms with Gasteiger partial charge in [0.2, 0.25) is 5.91 Å². The van der Waals surface area contributed by atoms with Crippen molar-refractivity contribution < 1.29 is 9.59 Å². The summed E-state index contributed by atoms with van der Waals surface area (Å²) < 4.78 is 2.00. The molecule has 0 spiro atoms. The number of hydrogen-bond acceptors (Lipinski definition) is 3. The van der Waals surface area contributed by atoms with Gasteiger partial charge in [0, 0.05) is 30.6 Å². The van der Waals surface area contributed by atoms with Crippen molar-refractivity contribution in [3.63, 3.8) is 0 Å². The van der Waals surface area contributed by atoms with Crippen LogP contribution >= 0.6 is 11.3 Å². The highest BCUT2D eigenvalue weighted by atomic mass is 32.1. The second-order valence-electron chi connectivity index (χ2n) is 6.01. The van der Waals surface area contributed by atoms with Gasteiger partial charge < -0.3 is 15.2 Å². The maximum atomic E-state index is 12.8. The molecular formula is C17H21N3O2S. The smallest absolute Gasteiger partial charge is 0.270 e. The van der Waals surface area contributed by atoms with E-state index in [2.05, 4.69) is 6.07 Å². The zero-order valence-corrected chi connectivity index (χ0v) is 13.8. The molecule has 23 heavy (non-hydrogen) atoms. The van der Waals surface area contributed by atoms with Crippen LogP contribution in [0.5, 0.6) is 0 Å². The van der Waals surface area contributed by atoms with Crippen LogP contribution in [-0.2, 0) is 11.3 Å². The van der Waals surface area contributed by atoms with Gasteiger partial charge in [-0.2, -0.15) is 0 Å². The number of amides is 2. The van der Waals surface area contributed by atoms with E-state index in [9.17, 15) is 9.59 Å². The standard InChI is InChI=1S/C17H21N3O2S/c18-16(21)11-13-5-8-19(9-6-13)17(22)15-4-1-7-20(15)12-14-3-2-10-23-14/h1-4,7,10,13H,5-6,8-9,11-12H2,(H2,18,21). The SMILES string of the molecule is NC(=O)CC1CCN(C(=O)c2cccn2Cc2cccs2)CC1. The van der Waals surface area contributed by atoms with Crippen molar-refractivity contribution in [2.75, 3.05) is 13.1 Å². The Morgan fingerprint density at radius 1 is 1.22 bits per heavy atom. The molecule has 6 heteroatoms. The Labute approximate surface area is 139 Å². The maximum Gasteiger partial charge on any atom is 0.270 e. The van der Waals surface area contributed by atoms with E-state index in [0.29, 0.717) is 25.4 Å². The lowest BCUT2D eigenvalue weighted by molar-refractivity contribution is -0.119. The normalized spacial score (nSPS) is 15.7. The molecule has 3 rings (SSSR count). The lowest BCUT2D eigenvalue weighted by atomic mass is 9.93. The van der Waals surface area contributed by atoms with E-state index in [-0.39, 0.29) is 11.8 Å². The van der Waals surface area contributed by atoms with Crippen LogP contribution in [0, 0.1) is 5.92 Å². The van der Waals surface area contributed by atoms with Crippen molar-refractivity contribution in [3.8, 4) is 0 Å². The summed E-state index contributed by atoms with van der Waals surface area (Å²) in [6.45, 7) is 2.12. The van der Waals surface area contributed by atoms with Crippen LogP contribution in [0.3, 0.4) is 0 Å². The van der Waals surface area contributed by atoms with Gasteiger partial charge in [0.15, 0.2) is 0 Å². The largest absolute Gasteiger partial charge is 0.370 e. The highest BCUT2D eigenvalue weighted by Gasteiger charge is 2.25. The summed E-state index contributed by atoms with van der Waals surface area (Å²) in [5, 5.41) is 2.05. The fraction of sp³-hybridized carbons (Fsp3) is 0.412. The van der Waals surface area contributed by atoms with E-state index >= 15 is 0 Å². The molecule has 2 aromatic rings.